The van der Waals surface area contributed by atoms with Crippen LogP contribution in [0, 0.1) is 11.3 Å². The van der Waals surface area contributed by atoms with E-state index in [-0.39, 0.29) is 18.6 Å². The summed E-state index contributed by atoms with van der Waals surface area (Å²) in [6.45, 7) is 0.847. The molecule has 1 atom stereocenters. The Labute approximate surface area is 174 Å². The average molecular weight is 410 g/mol. The van der Waals surface area contributed by atoms with Gasteiger partial charge in [0.15, 0.2) is 6.61 Å². The largest absolute Gasteiger partial charge is 0.452 e. The van der Waals surface area contributed by atoms with Gasteiger partial charge in [-0.05, 0) is 42.7 Å². The molecule has 150 valence electrons. The minimum absolute atomic E-state index is 0.0500. The quantitative estimate of drug-likeness (QED) is 0.531. The Morgan fingerprint density at radius 2 is 2.00 bits per heavy atom. The van der Waals surface area contributed by atoms with Crippen LogP contribution < -0.4 is 5.32 Å². The summed E-state index contributed by atoms with van der Waals surface area (Å²) in [7, 11) is 0. The molecule has 1 fully saturated rings. The van der Waals surface area contributed by atoms with Crippen LogP contribution in [0.4, 0.5) is 0 Å². The molecule has 0 bridgehead atoms. The fourth-order valence-electron chi connectivity index (χ4n) is 2.89. The first-order chi connectivity index (χ1) is 14.2. The number of nitrogens with one attached hydrogen (secondary N) is 1. The molecule has 1 aliphatic heterocycles. The number of nitriles is 1. The standard InChI is InChI=1S/C22H22N2O4S/c23-12-16-7-9-17(10-8-16)15-29-20-6-2-1-5-19(20)22(26)28-14-21(25)24-13-18-4-3-11-27-18/h1-2,5-10,18H,3-4,11,13-15H2,(H,24,25)/t18-/m1/s1. The lowest BCUT2D eigenvalue weighted by Crippen LogP contribution is -2.34. The smallest absolute Gasteiger partial charge is 0.339 e. The summed E-state index contributed by atoms with van der Waals surface area (Å²) >= 11 is 1.50. The molecule has 2 aromatic carbocycles. The van der Waals surface area contributed by atoms with Gasteiger partial charge in [0, 0.05) is 23.8 Å². The van der Waals surface area contributed by atoms with E-state index in [1.165, 1.54) is 11.8 Å². The predicted molar refractivity (Wildman–Crippen MR) is 109 cm³/mol. The maximum atomic E-state index is 12.4. The molecule has 1 N–H and O–H groups in total. The molecule has 0 radical (unpaired) electrons. The van der Waals surface area contributed by atoms with Gasteiger partial charge in [-0.25, -0.2) is 4.79 Å². The van der Waals surface area contributed by atoms with Crippen molar-refractivity contribution in [2.75, 3.05) is 19.8 Å². The monoisotopic (exact) mass is 410 g/mol. The molecule has 0 unspecified atom stereocenters. The van der Waals surface area contributed by atoms with Crippen LogP contribution in [-0.4, -0.2) is 37.7 Å². The van der Waals surface area contributed by atoms with Gasteiger partial charge in [-0.2, -0.15) is 5.26 Å². The Balaban J connectivity index is 1.50. The number of esters is 1. The fraction of sp³-hybridized carbons (Fsp3) is 0.318. The summed E-state index contributed by atoms with van der Waals surface area (Å²) in [5.74, 6) is -0.213. The first kappa shape index (κ1) is 20.9. The lowest BCUT2D eigenvalue weighted by molar-refractivity contribution is -0.124. The third kappa shape index (κ3) is 6.34. The number of ether oxygens (including phenoxy) is 2. The molecule has 1 heterocycles. The second-order valence-electron chi connectivity index (χ2n) is 6.61. The molecular weight excluding hydrogens is 388 g/mol. The third-order valence-corrected chi connectivity index (χ3v) is 5.61. The van der Waals surface area contributed by atoms with E-state index in [2.05, 4.69) is 11.4 Å². The highest BCUT2D eigenvalue weighted by Crippen LogP contribution is 2.27. The van der Waals surface area contributed by atoms with Gasteiger partial charge in [0.25, 0.3) is 5.91 Å². The predicted octanol–water partition coefficient (Wildman–Crippen LogP) is 3.30. The Morgan fingerprint density at radius 1 is 1.21 bits per heavy atom. The molecule has 1 aliphatic rings. The number of benzene rings is 2. The average Bonchev–Trinajstić information content (AvgIpc) is 3.29. The van der Waals surface area contributed by atoms with Crippen molar-refractivity contribution < 1.29 is 19.1 Å². The number of hydrogen-bond acceptors (Lipinski definition) is 6. The zero-order chi connectivity index (χ0) is 20.5. The highest BCUT2D eigenvalue weighted by atomic mass is 32.2. The van der Waals surface area contributed by atoms with Crippen molar-refractivity contribution >= 4 is 23.6 Å². The van der Waals surface area contributed by atoms with Gasteiger partial charge in [-0.1, -0.05) is 24.3 Å². The van der Waals surface area contributed by atoms with Crippen LogP contribution in [-0.2, 0) is 20.0 Å². The molecule has 1 amide bonds. The third-order valence-electron chi connectivity index (χ3n) is 4.47. The van der Waals surface area contributed by atoms with Crippen LogP contribution in [0.3, 0.4) is 0 Å². The number of amides is 1. The van der Waals surface area contributed by atoms with Gasteiger partial charge in [-0.3, -0.25) is 4.79 Å². The van der Waals surface area contributed by atoms with E-state index in [0.717, 1.165) is 29.9 Å². The molecule has 0 aromatic heterocycles. The Kier molecular flexibility index (Phi) is 7.68. The van der Waals surface area contributed by atoms with Crippen molar-refractivity contribution in [3.8, 4) is 6.07 Å². The molecule has 3 rings (SSSR count). The topological polar surface area (TPSA) is 88.4 Å². The Morgan fingerprint density at radius 3 is 2.72 bits per heavy atom. The SMILES string of the molecule is N#Cc1ccc(CSc2ccccc2C(=O)OCC(=O)NC[C@H]2CCCO2)cc1. The summed E-state index contributed by atoms with van der Waals surface area (Å²) in [5.41, 5.74) is 2.09. The summed E-state index contributed by atoms with van der Waals surface area (Å²) in [6.07, 6.45) is 1.99. The molecule has 2 aromatic rings. The van der Waals surface area contributed by atoms with Gasteiger partial charge in [0.2, 0.25) is 0 Å². The van der Waals surface area contributed by atoms with E-state index in [1.54, 1.807) is 24.3 Å². The molecule has 0 aliphatic carbocycles. The van der Waals surface area contributed by atoms with Crippen LogP contribution in [0.15, 0.2) is 53.4 Å². The van der Waals surface area contributed by atoms with Crippen LogP contribution in [0.25, 0.3) is 0 Å². The minimum atomic E-state index is -0.528. The Bertz CT molecular complexity index is 886. The highest BCUT2D eigenvalue weighted by molar-refractivity contribution is 7.98. The van der Waals surface area contributed by atoms with Gasteiger partial charge in [0.05, 0.1) is 23.3 Å². The van der Waals surface area contributed by atoms with Crippen molar-refractivity contribution in [3.63, 3.8) is 0 Å². The van der Waals surface area contributed by atoms with E-state index in [1.807, 2.05) is 24.3 Å². The maximum Gasteiger partial charge on any atom is 0.339 e. The van der Waals surface area contributed by atoms with Crippen LogP contribution in [0.1, 0.15) is 34.3 Å². The molecule has 0 saturated carbocycles. The summed E-state index contributed by atoms with van der Waals surface area (Å²) in [6, 6.07) is 16.6. The second-order valence-corrected chi connectivity index (χ2v) is 7.63. The van der Waals surface area contributed by atoms with Crippen LogP contribution in [0.5, 0.6) is 0 Å². The number of carbonyl (C=O) groups excluding carboxylic acids is 2. The van der Waals surface area contributed by atoms with E-state index >= 15 is 0 Å². The van der Waals surface area contributed by atoms with E-state index in [9.17, 15) is 9.59 Å². The second kappa shape index (κ2) is 10.6. The van der Waals surface area contributed by atoms with E-state index in [0.29, 0.717) is 23.4 Å². The number of nitrogens with zero attached hydrogens (tertiary/aromatic N) is 1. The van der Waals surface area contributed by atoms with Crippen molar-refractivity contribution in [1.82, 2.24) is 5.32 Å². The molecular formula is C22H22N2O4S. The van der Waals surface area contributed by atoms with Crippen molar-refractivity contribution in [2.24, 2.45) is 0 Å². The number of carbonyl (C=O) groups is 2. The zero-order valence-electron chi connectivity index (χ0n) is 15.9. The molecule has 7 heteroatoms. The Hall–Kier alpha value is -2.82. The van der Waals surface area contributed by atoms with Gasteiger partial charge in [0.1, 0.15) is 0 Å². The minimum Gasteiger partial charge on any atom is -0.452 e. The maximum absolute atomic E-state index is 12.4. The fourth-order valence-corrected chi connectivity index (χ4v) is 3.89. The first-order valence-electron chi connectivity index (χ1n) is 9.42. The van der Waals surface area contributed by atoms with Gasteiger partial charge in [-0.15, -0.1) is 11.8 Å². The number of thioether (sulfide) groups is 1. The van der Waals surface area contributed by atoms with Crippen molar-refractivity contribution in [3.05, 3.63) is 65.2 Å². The summed E-state index contributed by atoms with van der Waals surface area (Å²) in [5, 5.41) is 11.6. The highest BCUT2D eigenvalue weighted by Gasteiger charge is 2.18. The zero-order valence-corrected chi connectivity index (χ0v) is 16.7. The lowest BCUT2D eigenvalue weighted by Gasteiger charge is -2.12. The summed E-state index contributed by atoms with van der Waals surface area (Å²) in [4.78, 5) is 25.1. The molecule has 6 nitrogen and oxygen atoms in total. The molecule has 0 spiro atoms. The lowest BCUT2D eigenvalue weighted by atomic mass is 10.2. The molecule has 29 heavy (non-hydrogen) atoms. The molecule has 1 saturated heterocycles. The number of rotatable bonds is 8. The van der Waals surface area contributed by atoms with E-state index in [4.69, 9.17) is 14.7 Å². The van der Waals surface area contributed by atoms with Crippen LogP contribution >= 0.6 is 11.8 Å². The normalized spacial score (nSPS) is 15.5. The van der Waals surface area contributed by atoms with Crippen molar-refractivity contribution in [2.45, 2.75) is 29.6 Å². The van der Waals surface area contributed by atoms with Crippen LogP contribution in [0.2, 0.25) is 0 Å². The number of hydrogen-bond donors (Lipinski definition) is 1. The van der Waals surface area contributed by atoms with E-state index < -0.39 is 5.97 Å². The van der Waals surface area contributed by atoms with Gasteiger partial charge < -0.3 is 14.8 Å². The van der Waals surface area contributed by atoms with Gasteiger partial charge >= 0.3 is 5.97 Å². The first-order valence-corrected chi connectivity index (χ1v) is 10.4. The summed E-state index contributed by atoms with van der Waals surface area (Å²) < 4.78 is 10.6. The van der Waals surface area contributed by atoms with Crippen molar-refractivity contribution in [1.29, 1.82) is 5.26 Å².